The zero-order valence-corrected chi connectivity index (χ0v) is 12.5. The van der Waals surface area contributed by atoms with Crippen LogP contribution in [0.1, 0.15) is 25.8 Å². The fraction of sp³-hybridized carbons (Fsp3) is 0.562. The van der Waals surface area contributed by atoms with Crippen LogP contribution in [0.5, 0.6) is 0 Å². The topological polar surface area (TPSA) is 58.6 Å². The molecule has 116 valence electrons. The van der Waals surface area contributed by atoms with Crippen LogP contribution in [0.4, 0.5) is 4.39 Å². The molecule has 1 aliphatic rings. The van der Waals surface area contributed by atoms with Crippen molar-refractivity contribution in [3.8, 4) is 0 Å². The van der Waals surface area contributed by atoms with Crippen molar-refractivity contribution in [2.45, 2.75) is 25.7 Å². The van der Waals surface area contributed by atoms with Crippen LogP contribution < -0.4 is 5.32 Å². The number of nitrogens with one attached hydrogen (secondary N) is 1. The highest BCUT2D eigenvalue weighted by Crippen LogP contribution is 2.64. The third kappa shape index (κ3) is 2.94. The second-order valence-corrected chi connectivity index (χ2v) is 6.04. The highest BCUT2D eigenvalue weighted by atomic mass is 19.1. The Bertz CT molecular complexity index is 518. The number of hydrogen-bond donors (Lipinski definition) is 2. The highest BCUT2D eigenvalue weighted by Gasteiger charge is 2.67. The van der Waals surface area contributed by atoms with E-state index in [-0.39, 0.29) is 30.4 Å². The standard InChI is InChI=1S/C16H22FNO3/c1-15(2)11-16(15,12-5-3-4-6-13(12)17)14(20)18-7-9-21-10-8-19/h3-6,19H,7-11H2,1-2H3,(H,18,20). The van der Waals surface area contributed by atoms with Crippen molar-refractivity contribution in [3.05, 3.63) is 35.6 Å². The number of halogens is 1. The molecule has 1 aromatic carbocycles. The zero-order chi connectivity index (χ0) is 15.5. The van der Waals surface area contributed by atoms with Crippen molar-refractivity contribution in [2.75, 3.05) is 26.4 Å². The molecule has 4 nitrogen and oxygen atoms in total. The van der Waals surface area contributed by atoms with Crippen LogP contribution in [0.2, 0.25) is 0 Å². The number of benzene rings is 1. The van der Waals surface area contributed by atoms with Crippen LogP contribution in [0.3, 0.4) is 0 Å². The van der Waals surface area contributed by atoms with E-state index in [1.807, 2.05) is 13.8 Å². The molecule has 2 N–H and O–H groups in total. The maximum atomic E-state index is 14.1. The molecule has 1 fully saturated rings. The summed E-state index contributed by atoms with van der Waals surface area (Å²) < 4.78 is 19.2. The first-order valence-corrected chi connectivity index (χ1v) is 7.17. The van der Waals surface area contributed by atoms with Gasteiger partial charge >= 0.3 is 0 Å². The van der Waals surface area contributed by atoms with E-state index < -0.39 is 5.41 Å². The third-order valence-electron chi connectivity index (χ3n) is 4.23. The molecule has 5 heteroatoms. The van der Waals surface area contributed by atoms with E-state index in [4.69, 9.17) is 9.84 Å². The monoisotopic (exact) mass is 295 g/mol. The maximum Gasteiger partial charge on any atom is 0.231 e. The minimum Gasteiger partial charge on any atom is -0.394 e. The average molecular weight is 295 g/mol. The van der Waals surface area contributed by atoms with E-state index >= 15 is 0 Å². The molecule has 2 rings (SSSR count). The van der Waals surface area contributed by atoms with Crippen LogP contribution in [0, 0.1) is 11.2 Å². The van der Waals surface area contributed by atoms with Crippen LogP contribution in [0.25, 0.3) is 0 Å². The second kappa shape index (κ2) is 6.12. The minimum absolute atomic E-state index is 0.0415. The van der Waals surface area contributed by atoms with Gasteiger partial charge in [0.05, 0.1) is 25.2 Å². The Morgan fingerprint density at radius 1 is 1.38 bits per heavy atom. The minimum atomic E-state index is -0.796. The molecule has 1 unspecified atom stereocenters. The lowest BCUT2D eigenvalue weighted by Crippen LogP contribution is -2.39. The smallest absolute Gasteiger partial charge is 0.231 e. The highest BCUT2D eigenvalue weighted by molar-refractivity contribution is 5.93. The third-order valence-corrected chi connectivity index (χ3v) is 4.23. The van der Waals surface area contributed by atoms with E-state index in [1.54, 1.807) is 18.2 Å². The lowest BCUT2D eigenvalue weighted by Gasteiger charge is -2.21. The van der Waals surface area contributed by atoms with Crippen LogP contribution in [-0.4, -0.2) is 37.4 Å². The van der Waals surface area contributed by atoms with Crippen molar-refractivity contribution in [2.24, 2.45) is 5.41 Å². The first-order valence-electron chi connectivity index (χ1n) is 7.17. The molecule has 0 saturated heterocycles. The first-order chi connectivity index (χ1) is 9.95. The van der Waals surface area contributed by atoms with Gasteiger partial charge in [0.25, 0.3) is 0 Å². The van der Waals surface area contributed by atoms with E-state index in [1.165, 1.54) is 6.07 Å². The predicted octanol–water partition coefficient (Wildman–Crippen LogP) is 1.62. The van der Waals surface area contributed by atoms with Crippen molar-refractivity contribution in [1.29, 1.82) is 0 Å². The first kappa shape index (κ1) is 15.9. The summed E-state index contributed by atoms with van der Waals surface area (Å²) in [5.74, 6) is -0.500. The van der Waals surface area contributed by atoms with E-state index in [0.717, 1.165) is 0 Å². The fourth-order valence-electron chi connectivity index (χ4n) is 2.95. The Hall–Kier alpha value is -1.46. The summed E-state index contributed by atoms with van der Waals surface area (Å²) in [6.45, 7) is 4.84. The van der Waals surface area contributed by atoms with Gasteiger partial charge in [-0.05, 0) is 17.9 Å². The Morgan fingerprint density at radius 2 is 2.05 bits per heavy atom. The lowest BCUT2D eigenvalue weighted by atomic mass is 9.86. The summed E-state index contributed by atoms with van der Waals surface area (Å²) in [5.41, 5.74) is -0.593. The number of carbonyl (C=O) groups is 1. The molecule has 1 aromatic rings. The molecule has 0 radical (unpaired) electrons. The molecule has 0 spiro atoms. The van der Waals surface area contributed by atoms with Crippen LogP contribution in [0.15, 0.2) is 24.3 Å². The molecule has 1 aliphatic carbocycles. The van der Waals surface area contributed by atoms with Gasteiger partial charge in [0.15, 0.2) is 0 Å². The summed E-state index contributed by atoms with van der Waals surface area (Å²) >= 11 is 0. The van der Waals surface area contributed by atoms with Crippen LogP contribution in [-0.2, 0) is 14.9 Å². The van der Waals surface area contributed by atoms with Gasteiger partial charge in [0.2, 0.25) is 5.91 Å². The van der Waals surface area contributed by atoms with Gasteiger partial charge in [-0.1, -0.05) is 32.0 Å². The van der Waals surface area contributed by atoms with Crippen molar-refractivity contribution in [1.82, 2.24) is 5.32 Å². The lowest BCUT2D eigenvalue weighted by molar-refractivity contribution is -0.124. The molecular formula is C16H22FNO3. The summed E-state index contributed by atoms with van der Waals surface area (Å²) in [5, 5.41) is 11.4. The SMILES string of the molecule is CC1(C)CC1(C(=O)NCCOCCO)c1ccccc1F. The van der Waals surface area contributed by atoms with E-state index in [2.05, 4.69) is 5.32 Å². The molecule has 0 aromatic heterocycles. The fourth-order valence-corrected chi connectivity index (χ4v) is 2.95. The van der Waals surface area contributed by atoms with E-state index in [9.17, 15) is 9.18 Å². The summed E-state index contributed by atoms with van der Waals surface area (Å²) in [4.78, 5) is 12.5. The Balaban J connectivity index is 2.07. The van der Waals surface area contributed by atoms with Gasteiger partial charge < -0.3 is 15.2 Å². The number of aliphatic hydroxyl groups excluding tert-OH is 1. The Morgan fingerprint density at radius 3 is 2.62 bits per heavy atom. The number of aliphatic hydroxyl groups is 1. The molecule has 1 amide bonds. The molecule has 21 heavy (non-hydrogen) atoms. The maximum absolute atomic E-state index is 14.1. The number of carbonyl (C=O) groups excluding carboxylic acids is 1. The van der Waals surface area contributed by atoms with Crippen molar-refractivity contribution in [3.63, 3.8) is 0 Å². The number of rotatable bonds is 7. The number of hydrogen-bond acceptors (Lipinski definition) is 3. The summed E-state index contributed by atoms with van der Waals surface area (Å²) in [6, 6.07) is 6.46. The largest absolute Gasteiger partial charge is 0.394 e. The molecule has 1 saturated carbocycles. The Kier molecular flexibility index (Phi) is 4.64. The molecule has 0 heterocycles. The normalized spacial score (nSPS) is 22.9. The van der Waals surface area contributed by atoms with Gasteiger partial charge in [-0.25, -0.2) is 4.39 Å². The van der Waals surface area contributed by atoms with Crippen molar-refractivity contribution >= 4 is 5.91 Å². The van der Waals surface area contributed by atoms with Gasteiger partial charge in [0.1, 0.15) is 5.82 Å². The summed E-state index contributed by atoms with van der Waals surface area (Å²) in [6.07, 6.45) is 0.629. The zero-order valence-electron chi connectivity index (χ0n) is 12.5. The van der Waals surface area contributed by atoms with Gasteiger partial charge in [-0.3, -0.25) is 4.79 Å². The molecule has 0 aliphatic heterocycles. The molecule has 1 atom stereocenters. The Labute approximate surface area is 124 Å². The quantitative estimate of drug-likeness (QED) is 0.752. The van der Waals surface area contributed by atoms with Gasteiger partial charge in [0, 0.05) is 12.1 Å². The number of amides is 1. The predicted molar refractivity (Wildman–Crippen MR) is 77.4 cm³/mol. The summed E-state index contributed by atoms with van der Waals surface area (Å²) in [7, 11) is 0. The van der Waals surface area contributed by atoms with E-state index in [0.29, 0.717) is 25.1 Å². The average Bonchev–Trinajstić information content (AvgIpc) is 3.03. The van der Waals surface area contributed by atoms with Crippen molar-refractivity contribution < 1.29 is 19.0 Å². The second-order valence-electron chi connectivity index (χ2n) is 6.04. The molecule has 0 bridgehead atoms. The number of ether oxygens (including phenoxy) is 1. The van der Waals surface area contributed by atoms with Gasteiger partial charge in [-0.2, -0.15) is 0 Å². The molecular weight excluding hydrogens is 273 g/mol. The van der Waals surface area contributed by atoms with Crippen LogP contribution >= 0.6 is 0 Å². The van der Waals surface area contributed by atoms with Gasteiger partial charge in [-0.15, -0.1) is 0 Å².